The Kier molecular flexibility index (Phi) is 10.2. The second-order valence-corrected chi connectivity index (χ2v) is 4.85. The van der Waals surface area contributed by atoms with Crippen molar-refractivity contribution in [2.24, 2.45) is 5.73 Å². The van der Waals surface area contributed by atoms with Crippen molar-refractivity contribution in [2.45, 2.75) is 45.9 Å². The smallest absolute Gasteiger partial charge is 0.387 e. The van der Waals surface area contributed by atoms with Crippen LogP contribution in [0.2, 0.25) is 0 Å². The summed E-state index contributed by atoms with van der Waals surface area (Å²) in [5, 5.41) is 2.66. The number of rotatable bonds is 9. The second-order valence-electron chi connectivity index (χ2n) is 4.85. The molecule has 1 unspecified atom stereocenters. The highest BCUT2D eigenvalue weighted by molar-refractivity contribution is 5.85. The number of nitrogens with two attached hydrogens (primary N) is 1. The first-order valence-electron chi connectivity index (χ1n) is 7.15. The Morgan fingerprint density at radius 2 is 2.09 bits per heavy atom. The van der Waals surface area contributed by atoms with Crippen LogP contribution in [-0.4, -0.2) is 25.2 Å². The van der Waals surface area contributed by atoms with Crippen LogP contribution in [0.15, 0.2) is 18.2 Å². The highest BCUT2D eigenvalue weighted by Crippen LogP contribution is 2.32. The molecule has 132 valence electrons. The zero-order valence-corrected chi connectivity index (χ0v) is 14.0. The van der Waals surface area contributed by atoms with E-state index in [1.165, 1.54) is 0 Å². The first-order valence-corrected chi connectivity index (χ1v) is 7.15. The molecule has 1 amide bonds. The maximum absolute atomic E-state index is 12.6. The van der Waals surface area contributed by atoms with Gasteiger partial charge in [0.1, 0.15) is 0 Å². The van der Waals surface area contributed by atoms with E-state index in [2.05, 4.69) is 10.1 Å². The molecular weight excluding hydrogens is 330 g/mol. The molecule has 1 aromatic rings. The van der Waals surface area contributed by atoms with Crippen molar-refractivity contribution >= 4 is 18.3 Å². The molecule has 0 saturated heterocycles. The van der Waals surface area contributed by atoms with Crippen LogP contribution in [0.4, 0.5) is 8.78 Å². The molecule has 0 aliphatic carbocycles. The molecular formula is C15H23ClF2N2O3. The molecule has 8 heteroatoms. The third-order valence-electron chi connectivity index (χ3n) is 2.87. The standard InChI is InChI=1S/C15H22F2N2O3.ClH/c1-3-21-12-6-4-5-11(14(12)22-15(16)17)9-19-13(20)8-7-10(2)18;/h4-6,10,15H,3,7-9,18H2,1-2H3,(H,19,20);1H. The third kappa shape index (κ3) is 7.99. The van der Waals surface area contributed by atoms with Gasteiger partial charge in [0.2, 0.25) is 5.91 Å². The molecule has 23 heavy (non-hydrogen) atoms. The van der Waals surface area contributed by atoms with Crippen molar-refractivity contribution in [1.82, 2.24) is 5.32 Å². The fourth-order valence-corrected chi connectivity index (χ4v) is 1.83. The average molecular weight is 353 g/mol. The van der Waals surface area contributed by atoms with E-state index < -0.39 is 6.61 Å². The number of carbonyl (C=O) groups is 1. The zero-order valence-electron chi connectivity index (χ0n) is 13.2. The Morgan fingerprint density at radius 1 is 1.39 bits per heavy atom. The lowest BCUT2D eigenvalue weighted by Gasteiger charge is -2.16. The van der Waals surface area contributed by atoms with Crippen LogP contribution >= 0.6 is 12.4 Å². The number of nitrogens with one attached hydrogen (secondary N) is 1. The summed E-state index contributed by atoms with van der Waals surface area (Å²) in [5.41, 5.74) is 6.01. The van der Waals surface area contributed by atoms with Crippen LogP contribution in [0.1, 0.15) is 32.3 Å². The van der Waals surface area contributed by atoms with Crippen molar-refractivity contribution in [1.29, 1.82) is 0 Å². The number of benzene rings is 1. The molecule has 0 aromatic heterocycles. The summed E-state index contributed by atoms with van der Waals surface area (Å²) in [4.78, 5) is 11.7. The molecule has 0 aliphatic rings. The Morgan fingerprint density at radius 3 is 2.65 bits per heavy atom. The van der Waals surface area contributed by atoms with Gasteiger partial charge >= 0.3 is 6.61 Å². The van der Waals surface area contributed by atoms with E-state index in [0.29, 0.717) is 18.6 Å². The molecule has 1 rings (SSSR count). The first-order chi connectivity index (χ1) is 10.4. The Hall–Kier alpha value is -1.60. The first kappa shape index (κ1) is 21.4. The monoisotopic (exact) mass is 352 g/mol. The normalized spacial score (nSPS) is 11.6. The topological polar surface area (TPSA) is 73.6 Å². The maximum atomic E-state index is 12.6. The lowest BCUT2D eigenvalue weighted by molar-refractivity contribution is -0.121. The Labute approximate surface area is 140 Å². The van der Waals surface area contributed by atoms with E-state index in [1.807, 2.05) is 6.92 Å². The molecule has 0 radical (unpaired) electrons. The van der Waals surface area contributed by atoms with Crippen LogP contribution in [-0.2, 0) is 11.3 Å². The second kappa shape index (κ2) is 11.0. The van der Waals surface area contributed by atoms with Crippen LogP contribution in [0, 0.1) is 0 Å². The van der Waals surface area contributed by atoms with E-state index >= 15 is 0 Å². The van der Waals surface area contributed by atoms with Crippen LogP contribution in [0.25, 0.3) is 0 Å². The van der Waals surface area contributed by atoms with Gasteiger partial charge in [0.05, 0.1) is 6.61 Å². The predicted molar refractivity (Wildman–Crippen MR) is 86.2 cm³/mol. The number of hydrogen-bond donors (Lipinski definition) is 2. The van der Waals surface area contributed by atoms with Gasteiger partial charge in [0.15, 0.2) is 11.5 Å². The summed E-state index contributed by atoms with van der Waals surface area (Å²) in [6.07, 6.45) is 0.846. The van der Waals surface area contributed by atoms with Gasteiger partial charge in [-0.05, 0) is 26.3 Å². The maximum Gasteiger partial charge on any atom is 0.387 e. The van der Waals surface area contributed by atoms with E-state index in [1.54, 1.807) is 25.1 Å². The van der Waals surface area contributed by atoms with Crippen LogP contribution < -0.4 is 20.5 Å². The highest BCUT2D eigenvalue weighted by atomic mass is 35.5. The lowest BCUT2D eigenvalue weighted by Crippen LogP contribution is -2.25. The summed E-state index contributed by atoms with van der Waals surface area (Å²) in [6, 6.07) is 4.74. The molecule has 0 saturated carbocycles. The van der Waals surface area contributed by atoms with E-state index in [9.17, 15) is 13.6 Å². The lowest BCUT2D eigenvalue weighted by atomic mass is 10.1. The number of carbonyl (C=O) groups excluding carboxylic acids is 1. The van der Waals surface area contributed by atoms with Crippen molar-refractivity contribution in [2.75, 3.05) is 6.61 Å². The Balaban J connectivity index is 0.00000484. The summed E-state index contributed by atoms with van der Waals surface area (Å²) < 4.78 is 34.9. The molecule has 0 spiro atoms. The molecule has 3 N–H and O–H groups in total. The van der Waals surface area contributed by atoms with Crippen molar-refractivity contribution in [3.63, 3.8) is 0 Å². The SMILES string of the molecule is CCOc1cccc(CNC(=O)CCC(C)N)c1OC(F)F.Cl. The minimum absolute atomic E-state index is 0. The molecule has 0 heterocycles. The Bertz CT molecular complexity index is 488. The largest absolute Gasteiger partial charge is 0.490 e. The number of para-hydroxylation sites is 1. The minimum Gasteiger partial charge on any atom is -0.490 e. The zero-order chi connectivity index (χ0) is 16.5. The number of hydrogen-bond acceptors (Lipinski definition) is 4. The third-order valence-corrected chi connectivity index (χ3v) is 2.87. The van der Waals surface area contributed by atoms with Gasteiger partial charge in [-0.3, -0.25) is 4.79 Å². The van der Waals surface area contributed by atoms with Gasteiger partial charge in [-0.2, -0.15) is 8.78 Å². The van der Waals surface area contributed by atoms with E-state index in [-0.39, 0.29) is 48.8 Å². The van der Waals surface area contributed by atoms with E-state index in [4.69, 9.17) is 10.5 Å². The van der Waals surface area contributed by atoms with Crippen LogP contribution in [0.5, 0.6) is 11.5 Å². The molecule has 0 fully saturated rings. The van der Waals surface area contributed by atoms with Gasteiger partial charge in [-0.25, -0.2) is 0 Å². The molecule has 5 nitrogen and oxygen atoms in total. The highest BCUT2D eigenvalue weighted by Gasteiger charge is 2.16. The fraction of sp³-hybridized carbons (Fsp3) is 0.533. The van der Waals surface area contributed by atoms with E-state index in [0.717, 1.165) is 0 Å². The number of halogens is 3. The number of ether oxygens (including phenoxy) is 2. The van der Waals surface area contributed by atoms with Gasteiger partial charge < -0.3 is 20.5 Å². The average Bonchev–Trinajstić information content (AvgIpc) is 2.45. The van der Waals surface area contributed by atoms with Gasteiger partial charge in [0, 0.05) is 24.6 Å². The van der Waals surface area contributed by atoms with Gasteiger partial charge in [0.25, 0.3) is 0 Å². The molecule has 1 aromatic carbocycles. The number of alkyl halides is 2. The van der Waals surface area contributed by atoms with Crippen molar-refractivity contribution in [3.05, 3.63) is 23.8 Å². The van der Waals surface area contributed by atoms with Crippen molar-refractivity contribution in [3.8, 4) is 11.5 Å². The molecule has 0 aliphatic heterocycles. The van der Waals surface area contributed by atoms with Crippen molar-refractivity contribution < 1.29 is 23.0 Å². The summed E-state index contributed by atoms with van der Waals surface area (Å²) in [5.74, 6) is -0.0147. The molecule has 0 bridgehead atoms. The quantitative estimate of drug-likeness (QED) is 0.716. The molecule has 1 atom stereocenters. The number of amides is 1. The fourth-order valence-electron chi connectivity index (χ4n) is 1.83. The van der Waals surface area contributed by atoms with Gasteiger partial charge in [-0.1, -0.05) is 12.1 Å². The summed E-state index contributed by atoms with van der Waals surface area (Å²) >= 11 is 0. The van der Waals surface area contributed by atoms with Crippen LogP contribution in [0.3, 0.4) is 0 Å². The minimum atomic E-state index is -2.96. The summed E-state index contributed by atoms with van der Waals surface area (Å²) in [7, 11) is 0. The predicted octanol–water partition coefficient (Wildman–Crippen LogP) is 2.85. The van der Waals surface area contributed by atoms with Gasteiger partial charge in [-0.15, -0.1) is 12.4 Å². The summed E-state index contributed by atoms with van der Waals surface area (Å²) in [6.45, 7) is 1.00.